The first-order valence-corrected chi connectivity index (χ1v) is 9.45. The molecule has 1 aromatic carbocycles. The number of benzene rings is 1. The van der Waals surface area contributed by atoms with Crippen molar-refractivity contribution >= 4 is 29.7 Å². The number of nitrogens with one attached hydrogen (secondary N) is 1. The summed E-state index contributed by atoms with van der Waals surface area (Å²) in [5.41, 5.74) is 6.02. The smallest absolute Gasteiger partial charge is 0.404 e. The van der Waals surface area contributed by atoms with Crippen LogP contribution in [0.25, 0.3) is 0 Å². The van der Waals surface area contributed by atoms with Gasteiger partial charge in [-0.05, 0) is 12.1 Å². The van der Waals surface area contributed by atoms with E-state index in [4.69, 9.17) is 29.5 Å². The second-order valence-corrected chi connectivity index (χ2v) is 7.39. The SMILES string of the molecule is COC(=O)c1cc(OC(C)=O)c2c(c1)N1CC3NC3C(OC(C)=O)(O1)C2COC(N)=O. The van der Waals surface area contributed by atoms with E-state index < -0.39 is 41.7 Å². The van der Waals surface area contributed by atoms with Gasteiger partial charge in [-0.15, -0.1) is 0 Å². The third-order valence-corrected chi connectivity index (χ3v) is 5.33. The quantitative estimate of drug-likeness (QED) is 0.275. The van der Waals surface area contributed by atoms with Crippen LogP contribution in [-0.2, 0) is 28.6 Å². The van der Waals surface area contributed by atoms with Gasteiger partial charge in [-0.3, -0.25) is 9.59 Å². The van der Waals surface area contributed by atoms with Crippen LogP contribution in [0.5, 0.6) is 5.75 Å². The minimum Gasteiger partial charge on any atom is -0.465 e. The Kier molecular flexibility index (Phi) is 4.98. The molecule has 0 saturated carbocycles. The third kappa shape index (κ3) is 3.53. The molecular formula is C19H21N3O9. The van der Waals surface area contributed by atoms with Crippen LogP contribution >= 0.6 is 0 Å². The summed E-state index contributed by atoms with van der Waals surface area (Å²) in [6, 6.07) is 2.36. The van der Waals surface area contributed by atoms with Gasteiger partial charge in [0.2, 0.25) is 0 Å². The Hall–Kier alpha value is -3.38. The largest absolute Gasteiger partial charge is 0.465 e. The Bertz CT molecular complexity index is 981. The summed E-state index contributed by atoms with van der Waals surface area (Å²) >= 11 is 0. The van der Waals surface area contributed by atoms with E-state index in [9.17, 15) is 19.2 Å². The van der Waals surface area contributed by atoms with Crippen LogP contribution in [0, 0.1) is 0 Å². The number of anilines is 1. The van der Waals surface area contributed by atoms with Gasteiger partial charge in [0.15, 0.2) is 0 Å². The van der Waals surface area contributed by atoms with Gasteiger partial charge in [-0.1, -0.05) is 0 Å². The molecule has 3 heterocycles. The van der Waals surface area contributed by atoms with E-state index in [0.717, 1.165) is 0 Å². The lowest BCUT2D eigenvalue weighted by atomic mass is 9.82. The number of primary amides is 1. The number of rotatable bonds is 5. The Morgan fingerprint density at radius 3 is 2.61 bits per heavy atom. The zero-order chi connectivity index (χ0) is 22.5. The molecule has 0 aliphatic carbocycles. The molecule has 1 amide bonds. The lowest BCUT2D eigenvalue weighted by molar-refractivity contribution is -0.263. The van der Waals surface area contributed by atoms with Crippen LogP contribution in [0.2, 0.25) is 0 Å². The van der Waals surface area contributed by atoms with E-state index in [-0.39, 0.29) is 24.0 Å². The van der Waals surface area contributed by atoms with E-state index >= 15 is 0 Å². The first-order chi connectivity index (χ1) is 14.7. The van der Waals surface area contributed by atoms with Crippen molar-refractivity contribution in [3.05, 3.63) is 23.3 Å². The number of hydrogen-bond acceptors (Lipinski definition) is 11. The van der Waals surface area contributed by atoms with Crippen molar-refractivity contribution in [2.75, 3.05) is 25.3 Å². The second kappa shape index (κ2) is 7.39. The summed E-state index contributed by atoms with van der Waals surface area (Å²) in [6.07, 6.45) is -1.04. The van der Waals surface area contributed by atoms with Crippen molar-refractivity contribution < 1.29 is 43.0 Å². The minimum absolute atomic E-state index is 0.0207. The summed E-state index contributed by atoms with van der Waals surface area (Å²) in [5, 5.41) is 4.65. The molecular weight excluding hydrogens is 414 g/mol. The lowest BCUT2D eigenvalue weighted by Gasteiger charge is -2.49. The van der Waals surface area contributed by atoms with Gasteiger partial charge < -0.3 is 30.0 Å². The molecule has 0 aromatic heterocycles. The van der Waals surface area contributed by atoms with E-state index in [1.165, 1.54) is 38.2 Å². The number of methoxy groups -OCH3 is 1. The fourth-order valence-electron chi connectivity index (χ4n) is 4.19. The Labute approximate surface area is 176 Å². The van der Waals surface area contributed by atoms with Crippen LogP contribution in [0.4, 0.5) is 10.5 Å². The van der Waals surface area contributed by atoms with Crippen LogP contribution in [0.3, 0.4) is 0 Å². The zero-order valence-corrected chi connectivity index (χ0v) is 17.0. The summed E-state index contributed by atoms with van der Waals surface area (Å²) in [6.45, 7) is 2.46. The first-order valence-electron chi connectivity index (χ1n) is 9.45. The van der Waals surface area contributed by atoms with Gasteiger partial charge in [0, 0.05) is 25.5 Å². The molecule has 4 atom stereocenters. The van der Waals surface area contributed by atoms with E-state index in [0.29, 0.717) is 17.8 Å². The zero-order valence-electron chi connectivity index (χ0n) is 17.0. The number of amides is 1. The fourth-order valence-corrected chi connectivity index (χ4v) is 4.19. The molecule has 0 radical (unpaired) electrons. The molecule has 166 valence electrons. The van der Waals surface area contributed by atoms with Crippen LogP contribution in [0.15, 0.2) is 12.1 Å². The van der Waals surface area contributed by atoms with Crippen molar-refractivity contribution in [2.24, 2.45) is 5.73 Å². The first kappa shape index (κ1) is 20.9. The summed E-state index contributed by atoms with van der Waals surface area (Å²) in [5.74, 6) is -4.40. The predicted octanol–water partition coefficient (Wildman–Crippen LogP) is -0.0576. The minimum atomic E-state index is -1.58. The number of carbonyl (C=O) groups excluding carboxylic acids is 4. The average molecular weight is 435 g/mol. The van der Waals surface area contributed by atoms with Crippen LogP contribution in [-0.4, -0.2) is 62.1 Å². The molecule has 2 fully saturated rings. The number of ether oxygens (including phenoxy) is 4. The van der Waals surface area contributed by atoms with Crippen molar-refractivity contribution in [3.63, 3.8) is 0 Å². The molecule has 2 saturated heterocycles. The molecule has 3 aliphatic rings. The summed E-state index contributed by atoms with van der Waals surface area (Å²) in [4.78, 5) is 53.4. The molecule has 0 spiro atoms. The van der Waals surface area contributed by atoms with Crippen molar-refractivity contribution in [3.8, 4) is 5.75 Å². The predicted molar refractivity (Wildman–Crippen MR) is 101 cm³/mol. The van der Waals surface area contributed by atoms with E-state index in [1.54, 1.807) is 0 Å². The van der Waals surface area contributed by atoms with Crippen molar-refractivity contribution in [1.82, 2.24) is 5.32 Å². The number of hydrogen-bond donors (Lipinski definition) is 2. The molecule has 4 unspecified atom stereocenters. The Morgan fingerprint density at radius 2 is 2.00 bits per heavy atom. The van der Waals surface area contributed by atoms with Gasteiger partial charge in [0.25, 0.3) is 5.79 Å². The molecule has 2 bridgehead atoms. The molecule has 1 aromatic rings. The van der Waals surface area contributed by atoms with E-state index in [1.807, 2.05) is 0 Å². The number of hydroxylamine groups is 1. The van der Waals surface area contributed by atoms with Crippen molar-refractivity contribution in [1.29, 1.82) is 0 Å². The number of nitrogens with two attached hydrogens (primary N) is 1. The van der Waals surface area contributed by atoms with Gasteiger partial charge in [-0.2, -0.15) is 0 Å². The third-order valence-electron chi connectivity index (χ3n) is 5.33. The van der Waals surface area contributed by atoms with Crippen LogP contribution in [0.1, 0.15) is 35.7 Å². The lowest BCUT2D eigenvalue weighted by Crippen LogP contribution is -2.61. The summed E-state index contributed by atoms with van der Waals surface area (Å²) < 4.78 is 20.9. The van der Waals surface area contributed by atoms with Gasteiger partial charge in [0.1, 0.15) is 12.4 Å². The fraction of sp³-hybridized carbons (Fsp3) is 0.474. The summed E-state index contributed by atoms with van der Waals surface area (Å²) in [7, 11) is 1.22. The Balaban J connectivity index is 1.93. The average Bonchev–Trinajstić information content (AvgIpc) is 3.46. The highest BCUT2D eigenvalue weighted by Gasteiger charge is 2.68. The highest BCUT2D eigenvalue weighted by Crippen LogP contribution is 2.55. The maximum atomic E-state index is 12.2. The molecule has 12 nitrogen and oxygen atoms in total. The van der Waals surface area contributed by atoms with Crippen molar-refractivity contribution in [2.45, 2.75) is 37.6 Å². The van der Waals surface area contributed by atoms with Gasteiger partial charge in [0.05, 0.1) is 36.9 Å². The number of nitrogens with zero attached hydrogens (tertiary/aromatic N) is 1. The molecule has 3 aliphatic heterocycles. The highest BCUT2D eigenvalue weighted by atomic mass is 16.8. The highest BCUT2D eigenvalue weighted by molar-refractivity contribution is 5.92. The molecule has 3 N–H and O–H groups in total. The topological polar surface area (TPSA) is 166 Å². The monoisotopic (exact) mass is 435 g/mol. The maximum absolute atomic E-state index is 12.2. The Morgan fingerprint density at radius 1 is 1.26 bits per heavy atom. The number of fused-ring (bicyclic) bond motifs is 6. The number of esters is 3. The maximum Gasteiger partial charge on any atom is 0.404 e. The van der Waals surface area contributed by atoms with Crippen LogP contribution < -0.4 is 20.9 Å². The van der Waals surface area contributed by atoms with Gasteiger partial charge in [-0.25, -0.2) is 19.5 Å². The standard InChI is InChI=1S/C19H21N3O9/c1-8(23)29-14-5-10(17(25)27-3)4-13-15(14)11(7-28-18(20)26)19(30-9(2)24)16-12(21-16)6-22(13)31-19/h4-5,11-12,16,21H,6-7H2,1-3H3,(H2,20,26). The second-order valence-electron chi connectivity index (χ2n) is 7.39. The van der Waals surface area contributed by atoms with E-state index in [2.05, 4.69) is 5.32 Å². The molecule has 4 rings (SSSR count). The molecule has 31 heavy (non-hydrogen) atoms. The normalized spacial score (nSPS) is 27.3. The van der Waals surface area contributed by atoms with Gasteiger partial charge >= 0.3 is 24.0 Å². The molecule has 12 heteroatoms. The number of carbonyl (C=O) groups is 4.